The predicted molar refractivity (Wildman–Crippen MR) is 102 cm³/mol. The molecular formula is C21H33NO3. The summed E-state index contributed by atoms with van der Waals surface area (Å²) in [6.45, 7) is 8.89. The number of carbonyl (C=O) groups excluding carboxylic acids is 1. The molecule has 1 fully saturated rings. The van der Waals surface area contributed by atoms with E-state index in [0.29, 0.717) is 6.61 Å². The Kier molecular flexibility index (Phi) is 7.30. The standard InChI is InChI=1S/C21H33NO3/c1-5-14-24-21(12-8-7-9-13-21)20(23)22-18-10-11-19(16(3)15-18)25-17(4)6-2/h10-11,15,17H,5-9,12-14H2,1-4H3,(H,22,23). The highest BCUT2D eigenvalue weighted by Crippen LogP contribution is 2.33. The van der Waals surface area contributed by atoms with Gasteiger partial charge in [-0.1, -0.05) is 33.1 Å². The van der Waals surface area contributed by atoms with E-state index >= 15 is 0 Å². The Hall–Kier alpha value is -1.55. The monoisotopic (exact) mass is 347 g/mol. The average Bonchev–Trinajstić information content (AvgIpc) is 2.62. The van der Waals surface area contributed by atoms with Crippen molar-refractivity contribution in [3.05, 3.63) is 23.8 Å². The summed E-state index contributed by atoms with van der Waals surface area (Å²) in [4.78, 5) is 12.9. The van der Waals surface area contributed by atoms with Crippen molar-refractivity contribution >= 4 is 11.6 Å². The number of ether oxygens (including phenoxy) is 2. The zero-order valence-electron chi connectivity index (χ0n) is 16.2. The fraction of sp³-hybridized carbons (Fsp3) is 0.667. The topological polar surface area (TPSA) is 47.6 Å². The van der Waals surface area contributed by atoms with Gasteiger partial charge in [-0.05, 0) is 63.3 Å². The molecule has 1 aromatic carbocycles. The van der Waals surface area contributed by atoms with E-state index in [0.717, 1.165) is 55.5 Å². The third-order valence-corrected chi connectivity index (χ3v) is 4.99. The third-order valence-electron chi connectivity index (χ3n) is 4.99. The number of anilines is 1. The van der Waals surface area contributed by atoms with Crippen molar-refractivity contribution in [2.24, 2.45) is 0 Å². The van der Waals surface area contributed by atoms with Gasteiger partial charge in [-0.25, -0.2) is 0 Å². The van der Waals surface area contributed by atoms with Crippen LogP contribution >= 0.6 is 0 Å². The molecular weight excluding hydrogens is 314 g/mol. The molecule has 1 saturated carbocycles. The Morgan fingerprint density at radius 2 is 1.96 bits per heavy atom. The number of nitrogens with one attached hydrogen (secondary N) is 1. The minimum Gasteiger partial charge on any atom is -0.490 e. The molecule has 0 saturated heterocycles. The van der Waals surface area contributed by atoms with Crippen LogP contribution in [0.25, 0.3) is 0 Å². The Morgan fingerprint density at radius 1 is 1.24 bits per heavy atom. The molecule has 0 heterocycles. The summed E-state index contributed by atoms with van der Waals surface area (Å²) in [7, 11) is 0. The Morgan fingerprint density at radius 3 is 2.56 bits per heavy atom. The summed E-state index contributed by atoms with van der Waals surface area (Å²) >= 11 is 0. The van der Waals surface area contributed by atoms with Gasteiger partial charge in [-0.15, -0.1) is 0 Å². The highest BCUT2D eigenvalue weighted by molar-refractivity contribution is 5.97. The lowest BCUT2D eigenvalue weighted by molar-refractivity contribution is -0.146. The molecule has 1 aromatic rings. The highest BCUT2D eigenvalue weighted by Gasteiger charge is 2.40. The molecule has 1 amide bonds. The minimum atomic E-state index is -0.659. The third kappa shape index (κ3) is 5.21. The summed E-state index contributed by atoms with van der Waals surface area (Å²) in [5.74, 6) is 0.873. The van der Waals surface area contributed by atoms with Crippen LogP contribution < -0.4 is 10.1 Å². The van der Waals surface area contributed by atoms with Crippen LogP contribution in [0.3, 0.4) is 0 Å². The number of aryl methyl sites for hydroxylation is 1. The van der Waals surface area contributed by atoms with E-state index in [1.54, 1.807) is 0 Å². The summed E-state index contributed by atoms with van der Waals surface area (Å²) in [5.41, 5.74) is 1.18. The van der Waals surface area contributed by atoms with Crippen LogP contribution in [0, 0.1) is 6.92 Å². The van der Waals surface area contributed by atoms with Crippen LogP contribution in [-0.2, 0) is 9.53 Å². The van der Waals surface area contributed by atoms with Gasteiger partial charge >= 0.3 is 0 Å². The molecule has 1 aliphatic rings. The summed E-state index contributed by atoms with van der Waals surface area (Å²) in [6.07, 6.45) is 7.00. The first-order valence-electron chi connectivity index (χ1n) is 9.73. The van der Waals surface area contributed by atoms with Crippen molar-refractivity contribution in [2.75, 3.05) is 11.9 Å². The normalized spacial score (nSPS) is 17.8. The van der Waals surface area contributed by atoms with Gasteiger partial charge < -0.3 is 14.8 Å². The second kappa shape index (κ2) is 9.23. The number of hydrogen-bond acceptors (Lipinski definition) is 3. The van der Waals surface area contributed by atoms with E-state index in [9.17, 15) is 4.79 Å². The van der Waals surface area contributed by atoms with Crippen LogP contribution in [-0.4, -0.2) is 24.2 Å². The summed E-state index contributed by atoms with van der Waals surface area (Å²) in [5, 5.41) is 3.08. The molecule has 0 spiro atoms. The maximum Gasteiger partial charge on any atom is 0.256 e. The van der Waals surface area contributed by atoms with Gasteiger partial charge in [-0.2, -0.15) is 0 Å². The second-order valence-corrected chi connectivity index (χ2v) is 7.17. The van der Waals surface area contributed by atoms with E-state index in [1.807, 2.05) is 25.1 Å². The second-order valence-electron chi connectivity index (χ2n) is 7.17. The van der Waals surface area contributed by atoms with Gasteiger partial charge in [0.15, 0.2) is 0 Å². The fourth-order valence-corrected chi connectivity index (χ4v) is 3.26. The van der Waals surface area contributed by atoms with Crippen LogP contribution in [0.15, 0.2) is 18.2 Å². The van der Waals surface area contributed by atoms with Gasteiger partial charge in [0.25, 0.3) is 5.91 Å². The molecule has 0 aliphatic heterocycles. The smallest absolute Gasteiger partial charge is 0.256 e. The summed E-state index contributed by atoms with van der Waals surface area (Å²) in [6, 6.07) is 5.84. The number of amides is 1. The quantitative estimate of drug-likeness (QED) is 0.699. The number of benzene rings is 1. The lowest BCUT2D eigenvalue weighted by Crippen LogP contribution is -2.47. The molecule has 1 aliphatic carbocycles. The predicted octanol–water partition coefficient (Wildman–Crippen LogP) is 5.24. The Balaban J connectivity index is 2.08. The molecule has 1 N–H and O–H groups in total. The van der Waals surface area contributed by atoms with Gasteiger partial charge in [0, 0.05) is 12.3 Å². The number of carbonyl (C=O) groups is 1. The van der Waals surface area contributed by atoms with E-state index in [2.05, 4.69) is 26.1 Å². The van der Waals surface area contributed by atoms with Crippen molar-refractivity contribution in [1.82, 2.24) is 0 Å². The van der Waals surface area contributed by atoms with Gasteiger partial charge in [-0.3, -0.25) is 4.79 Å². The zero-order valence-corrected chi connectivity index (χ0v) is 16.2. The van der Waals surface area contributed by atoms with Crippen molar-refractivity contribution in [2.45, 2.75) is 84.3 Å². The van der Waals surface area contributed by atoms with Crippen molar-refractivity contribution in [3.63, 3.8) is 0 Å². The fourth-order valence-electron chi connectivity index (χ4n) is 3.26. The molecule has 2 rings (SSSR count). The molecule has 4 nitrogen and oxygen atoms in total. The van der Waals surface area contributed by atoms with Crippen molar-refractivity contribution in [3.8, 4) is 5.75 Å². The largest absolute Gasteiger partial charge is 0.490 e. The van der Waals surface area contributed by atoms with Gasteiger partial charge in [0.1, 0.15) is 11.4 Å². The first-order valence-corrected chi connectivity index (χ1v) is 9.73. The molecule has 0 aromatic heterocycles. The Bertz CT molecular complexity index is 564. The number of hydrogen-bond donors (Lipinski definition) is 1. The highest BCUT2D eigenvalue weighted by atomic mass is 16.5. The maximum atomic E-state index is 12.9. The summed E-state index contributed by atoms with van der Waals surface area (Å²) < 4.78 is 11.9. The lowest BCUT2D eigenvalue weighted by atomic mass is 9.83. The average molecular weight is 347 g/mol. The molecule has 0 radical (unpaired) electrons. The van der Waals surface area contributed by atoms with Crippen molar-refractivity contribution < 1.29 is 14.3 Å². The van der Waals surface area contributed by atoms with Crippen LogP contribution in [0.4, 0.5) is 5.69 Å². The first-order chi connectivity index (χ1) is 12.0. The Labute approximate surface area is 152 Å². The molecule has 4 heteroatoms. The molecule has 1 unspecified atom stereocenters. The van der Waals surface area contributed by atoms with Crippen LogP contribution in [0.5, 0.6) is 5.75 Å². The van der Waals surface area contributed by atoms with Gasteiger partial charge in [0.2, 0.25) is 0 Å². The van der Waals surface area contributed by atoms with Crippen LogP contribution in [0.1, 0.15) is 71.3 Å². The first kappa shape index (κ1) is 19.8. The zero-order chi connectivity index (χ0) is 18.3. The van der Waals surface area contributed by atoms with E-state index < -0.39 is 5.60 Å². The molecule has 140 valence electrons. The molecule has 1 atom stereocenters. The van der Waals surface area contributed by atoms with Gasteiger partial charge in [0.05, 0.1) is 6.10 Å². The minimum absolute atomic E-state index is 0.00403. The SMILES string of the molecule is CCCOC1(C(=O)Nc2ccc(OC(C)CC)c(C)c2)CCCCC1. The van der Waals surface area contributed by atoms with Crippen LogP contribution in [0.2, 0.25) is 0 Å². The molecule has 0 bridgehead atoms. The van der Waals surface area contributed by atoms with E-state index in [1.165, 1.54) is 6.42 Å². The maximum absolute atomic E-state index is 12.9. The number of rotatable bonds is 8. The lowest BCUT2D eigenvalue weighted by Gasteiger charge is -2.35. The molecule has 25 heavy (non-hydrogen) atoms. The van der Waals surface area contributed by atoms with E-state index in [-0.39, 0.29) is 12.0 Å². The van der Waals surface area contributed by atoms with E-state index in [4.69, 9.17) is 9.47 Å². The van der Waals surface area contributed by atoms with Crippen molar-refractivity contribution in [1.29, 1.82) is 0 Å².